The smallest absolute Gasteiger partial charge is 0.0739 e. The number of ether oxygens (including phenoxy) is 1. The minimum absolute atomic E-state index is 0.193. The van der Waals surface area contributed by atoms with E-state index in [0.29, 0.717) is 6.61 Å². The summed E-state index contributed by atoms with van der Waals surface area (Å²) in [4.78, 5) is 4.26. The Morgan fingerprint density at radius 3 is 2.79 bits per heavy atom. The number of halogens is 2. The van der Waals surface area contributed by atoms with Crippen LogP contribution in [0.1, 0.15) is 17.3 Å². The fourth-order valence-electron chi connectivity index (χ4n) is 1.09. The first kappa shape index (κ1) is 12.1. The van der Waals surface area contributed by atoms with E-state index in [1.54, 1.807) is 13.3 Å². The second-order valence-electron chi connectivity index (χ2n) is 2.99. The molecular formula is C9H12Br2N2O. The average molecular weight is 324 g/mol. The molecule has 0 spiro atoms. The molecular weight excluding hydrogens is 312 g/mol. The van der Waals surface area contributed by atoms with Crippen LogP contribution >= 0.6 is 31.9 Å². The lowest BCUT2D eigenvalue weighted by molar-refractivity contribution is 0.179. The zero-order valence-corrected chi connectivity index (χ0v) is 11.2. The molecule has 1 aromatic heterocycles. The molecule has 0 aliphatic heterocycles. The first-order valence-electron chi connectivity index (χ1n) is 4.13. The minimum Gasteiger partial charge on any atom is -0.383 e. The molecule has 1 atom stereocenters. The van der Waals surface area contributed by atoms with Gasteiger partial charge >= 0.3 is 0 Å². The van der Waals surface area contributed by atoms with Gasteiger partial charge in [0, 0.05) is 22.3 Å². The molecule has 0 aliphatic carbocycles. The molecule has 0 fully saturated rings. The lowest BCUT2D eigenvalue weighted by atomic mass is 10.1. The monoisotopic (exact) mass is 322 g/mol. The van der Waals surface area contributed by atoms with Gasteiger partial charge < -0.3 is 10.5 Å². The molecule has 0 radical (unpaired) electrons. The van der Waals surface area contributed by atoms with Crippen LogP contribution in [0.15, 0.2) is 15.1 Å². The first-order valence-corrected chi connectivity index (χ1v) is 5.71. The van der Waals surface area contributed by atoms with Crippen LogP contribution < -0.4 is 5.73 Å². The fraction of sp³-hybridized carbons (Fsp3) is 0.444. The van der Waals surface area contributed by atoms with Gasteiger partial charge in [0.25, 0.3) is 0 Å². The summed E-state index contributed by atoms with van der Waals surface area (Å²) < 4.78 is 6.90. The van der Waals surface area contributed by atoms with Gasteiger partial charge in [-0.25, -0.2) is 0 Å². The normalized spacial score (nSPS) is 12.9. The van der Waals surface area contributed by atoms with Gasteiger partial charge in [0.1, 0.15) is 0 Å². The summed E-state index contributed by atoms with van der Waals surface area (Å²) in [6, 6.07) is -0.193. The molecule has 0 bridgehead atoms. The molecule has 3 nitrogen and oxygen atoms in total. The Labute approximate surface area is 100 Å². The minimum atomic E-state index is -0.193. The van der Waals surface area contributed by atoms with Crippen molar-refractivity contribution in [2.75, 3.05) is 13.7 Å². The highest BCUT2D eigenvalue weighted by Gasteiger charge is 2.14. The number of rotatable bonds is 3. The van der Waals surface area contributed by atoms with Crippen LogP contribution in [0.2, 0.25) is 0 Å². The quantitative estimate of drug-likeness (QED) is 0.930. The van der Waals surface area contributed by atoms with Crippen LogP contribution in [-0.4, -0.2) is 18.7 Å². The highest BCUT2D eigenvalue weighted by molar-refractivity contribution is 9.11. The maximum absolute atomic E-state index is 5.89. The van der Waals surface area contributed by atoms with Crippen LogP contribution in [0.4, 0.5) is 0 Å². The number of hydrogen-bond acceptors (Lipinski definition) is 3. The lowest BCUT2D eigenvalue weighted by Gasteiger charge is -2.13. The zero-order valence-electron chi connectivity index (χ0n) is 8.05. The summed E-state index contributed by atoms with van der Waals surface area (Å²) in [5.41, 5.74) is 7.82. The van der Waals surface area contributed by atoms with Crippen molar-refractivity contribution in [3.8, 4) is 0 Å². The Morgan fingerprint density at radius 2 is 2.21 bits per heavy atom. The van der Waals surface area contributed by atoms with Crippen LogP contribution in [0.3, 0.4) is 0 Å². The number of nitrogens with two attached hydrogens (primary N) is 1. The molecule has 14 heavy (non-hydrogen) atoms. The van der Waals surface area contributed by atoms with Gasteiger partial charge in [0.2, 0.25) is 0 Å². The van der Waals surface area contributed by atoms with E-state index in [9.17, 15) is 0 Å². The molecule has 2 N–H and O–H groups in total. The highest BCUT2D eigenvalue weighted by Crippen LogP contribution is 2.28. The Bertz CT molecular complexity index is 331. The Hall–Kier alpha value is 0.0300. The number of nitrogens with zero attached hydrogens (tertiary/aromatic N) is 1. The Kier molecular flexibility index (Phi) is 4.50. The van der Waals surface area contributed by atoms with Crippen molar-refractivity contribution < 1.29 is 4.74 Å². The SMILES string of the molecule is COC[C@H](N)c1ncc(Br)c(C)c1Br. The van der Waals surface area contributed by atoms with Gasteiger partial charge in [-0.3, -0.25) is 4.98 Å². The number of aromatic nitrogens is 1. The van der Waals surface area contributed by atoms with Crippen molar-refractivity contribution in [1.82, 2.24) is 4.98 Å². The summed E-state index contributed by atoms with van der Waals surface area (Å²) in [6.07, 6.45) is 1.75. The maximum atomic E-state index is 5.89. The summed E-state index contributed by atoms with van der Waals surface area (Å²) >= 11 is 6.88. The van der Waals surface area contributed by atoms with E-state index in [1.807, 2.05) is 6.92 Å². The van der Waals surface area contributed by atoms with Gasteiger partial charge in [0.15, 0.2) is 0 Å². The molecule has 0 amide bonds. The van der Waals surface area contributed by atoms with Gasteiger partial charge in [-0.1, -0.05) is 0 Å². The van der Waals surface area contributed by atoms with Crippen molar-refractivity contribution in [3.05, 3.63) is 26.4 Å². The molecule has 0 saturated carbocycles. The number of hydrogen-bond donors (Lipinski definition) is 1. The van der Waals surface area contributed by atoms with Gasteiger partial charge in [-0.05, 0) is 44.3 Å². The molecule has 0 aliphatic rings. The predicted octanol–water partition coefficient (Wildman–Crippen LogP) is 2.56. The van der Waals surface area contributed by atoms with Crippen LogP contribution in [0.5, 0.6) is 0 Å². The van der Waals surface area contributed by atoms with E-state index in [1.165, 1.54) is 0 Å². The standard InChI is InChI=1S/C9H12Br2N2O/c1-5-6(10)3-13-9(8(5)11)7(12)4-14-2/h3,7H,4,12H2,1-2H3/t7-/m0/s1. The van der Waals surface area contributed by atoms with Crippen molar-refractivity contribution >= 4 is 31.9 Å². The lowest BCUT2D eigenvalue weighted by Crippen LogP contribution is -2.18. The highest BCUT2D eigenvalue weighted by atomic mass is 79.9. The zero-order chi connectivity index (χ0) is 10.7. The molecule has 0 aromatic carbocycles. The summed E-state index contributed by atoms with van der Waals surface area (Å²) in [7, 11) is 1.62. The van der Waals surface area contributed by atoms with Crippen LogP contribution in [0.25, 0.3) is 0 Å². The van der Waals surface area contributed by atoms with E-state index in [4.69, 9.17) is 10.5 Å². The molecule has 1 rings (SSSR count). The van der Waals surface area contributed by atoms with E-state index >= 15 is 0 Å². The van der Waals surface area contributed by atoms with E-state index in [2.05, 4.69) is 36.8 Å². The Morgan fingerprint density at radius 1 is 1.57 bits per heavy atom. The third kappa shape index (κ3) is 2.53. The summed E-state index contributed by atoms with van der Waals surface area (Å²) in [6.45, 7) is 2.46. The first-order chi connectivity index (χ1) is 6.57. The molecule has 0 unspecified atom stereocenters. The largest absolute Gasteiger partial charge is 0.383 e. The van der Waals surface area contributed by atoms with Crippen molar-refractivity contribution in [2.24, 2.45) is 5.73 Å². The van der Waals surface area contributed by atoms with E-state index in [0.717, 1.165) is 20.2 Å². The molecule has 0 saturated heterocycles. The second-order valence-corrected chi connectivity index (χ2v) is 4.64. The Balaban J connectivity index is 3.04. The number of pyridine rings is 1. The van der Waals surface area contributed by atoms with Crippen molar-refractivity contribution in [1.29, 1.82) is 0 Å². The molecule has 1 aromatic rings. The van der Waals surface area contributed by atoms with E-state index in [-0.39, 0.29) is 6.04 Å². The second kappa shape index (κ2) is 5.21. The summed E-state index contributed by atoms with van der Waals surface area (Å²) in [5.74, 6) is 0. The van der Waals surface area contributed by atoms with Gasteiger partial charge in [-0.2, -0.15) is 0 Å². The third-order valence-electron chi connectivity index (χ3n) is 1.93. The molecule has 78 valence electrons. The van der Waals surface area contributed by atoms with Crippen molar-refractivity contribution in [3.63, 3.8) is 0 Å². The summed E-state index contributed by atoms with van der Waals surface area (Å²) in [5, 5.41) is 0. The van der Waals surface area contributed by atoms with Gasteiger partial charge in [-0.15, -0.1) is 0 Å². The average Bonchev–Trinajstić information content (AvgIpc) is 2.15. The molecule has 5 heteroatoms. The van der Waals surface area contributed by atoms with Crippen LogP contribution in [0, 0.1) is 6.92 Å². The van der Waals surface area contributed by atoms with E-state index < -0.39 is 0 Å². The molecule has 1 heterocycles. The number of methoxy groups -OCH3 is 1. The van der Waals surface area contributed by atoms with Crippen molar-refractivity contribution in [2.45, 2.75) is 13.0 Å². The fourth-order valence-corrected chi connectivity index (χ4v) is 2.27. The topological polar surface area (TPSA) is 48.1 Å². The predicted molar refractivity (Wildman–Crippen MR) is 63.2 cm³/mol. The maximum Gasteiger partial charge on any atom is 0.0739 e. The van der Waals surface area contributed by atoms with Gasteiger partial charge in [0.05, 0.1) is 18.3 Å². The van der Waals surface area contributed by atoms with Crippen LogP contribution in [-0.2, 0) is 4.74 Å². The third-order valence-corrected chi connectivity index (χ3v) is 3.73.